The summed E-state index contributed by atoms with van der Waals surface area (Å²) in [6.07, 6.45) is 3.13. The molecule has 1 aliphatic heterocycles. The fraction of sp³-hybridized carbons (Fsp3) is 0.385. The Morgan fingerprint density at radius 1 is 1.29 bits per heavy atom. The van der Waals surface area contributed by atoms with E-state index in [-0.39, 0.29) is 18.4 Å². The van der Waals surface area contributed by atoms with E-state index >= 15 is 0 Å². The second kappa shape index (κ2) is 7.51. The fourth-order valence-corrected chi connectivity index (χ4v) is 4.03. The van der Waals surface area contributed by atoms with Crippen molar-refractivity contribution >= 4 is 22.4 Å². The lowest BCUT2D eigenvalue weighted by atomic mass is 10.2. The second-order valence-electron chi connectivity index (χ2n) is 5.29. The Hall–Kier alpha value is -1.62. The summed E-state index contributed by atoms with van der Waals surface area (Å²) in [6.45, 7) is 0.911. The molecular formula is C13H16ClF2N5O2S. The van der Waals surface area contributed by atoms with Gasteiger partial charge < -0.3 is 5.32 Å². The van der Waals surface area contributed by atoms with E-state index < -0.39 is 39.0 Å². The Morgan fingerprint density at radius 2 is 2.00 bits per heavy atom. The molecule has 0 amide bonds. The van der Waals surface area contributed by atoms with Crippen LogP contribution < -0.4 is 10.0 Å². The van der Waals surface area contributed by atoms with E-state index in [1.807, 2.05) is 0 Å². The van der Waals surface area contributed by atoms with Crippen molar-refractivity contribution in [2.24, 2.45) is 0 Å². The largest absolute Gasteiger partial charge is 0.313 e. The first-order chi connectivity index (χ1) is 11.0. The Kier molecular flexibility index (Phi) is 5.86. The maximum absolute atomic E-state index is 13.6. The summed E-state index contributed by atoms with van der Waals surface area (Å²) in [6, 6.07) is 2.52. The molecule has 2 heterocycles. The molecule has 1 fully saturated rings. The molecule has 2 aromatic rings. The molecular weight excluding hydrogens is 364 g/mol. The molecule has 2 atom stereocenters. The van der Waals surface area contributed by atoms with E-state index in [2.05, 4.69) is 20.4 Å². The number of rotatable bonds is 5. The minimum atomic E-state index is -3.92. The van der Waals surface area contributed by atoms with Crippen molar-refractivity contribution in [1.29, 1.82) is 0 Å². The number of hydrogen-bond donors (Lipinski definition) is 2. The molecule has 0 aliphatic carbocycles. The van der Waals surface area contributed by atoms with Crippen LogP contribution >= 0.6 is 12.4 Å². The van der Waals surface area contributed by atoms with Crippen molar-refractivity contribution in [2.75, 3.05) is 13.1 Å². The molecule has 24 heavy (non-hydrogen) atoms. The lowest BCUT2D eigenvalue weighted by molar-refractivity contribution is 0.413. The summed E-state index contributed by atoms with van der Waals surface area (Å²) < 4.78 is 55.8. The van der Waals surface area contributed by atoms with Crippen molar-refractivity contribution < 1.29 is 17.2 Å². The van der Waals surface area contributed by atoms with Gasteiger partial charge in [0.2, 0.25) is 10.0 Å². The minimum Gasteiger partial charge on any atom is -0.313 e. The number of halogens is 3. The van der Waals surface area contributed by atoms with Crippen molar-refractivity contribution in [3.8, 4) is 0 Å². The van der Waals surface area contributed by atoms with Crippen LogP contribution in [-0.4, -0.2) is 42.5 Å². The van der Waals surface area contributed by atoms with E-state index in [1.54, 1.807) is 10.9 Å². The summed E-state index contributed by atoms with van der Waals surface area (Å²) in [5.74, 6) is -2.52. The zero-order valence-corrected chi connectivity index (χ0v) is 14.0. The Morgan fingerprint density at radius 3 is 2.62 bits per heavy atom. The molecule has 0 unspecified atom stereocenters. The summed E-state index contributed by atoms with van der Waals surface area (Å²) >= 11 is 0. The van der Waals surface area contributed by atoms with Crippen LogP contribution in [0, 0.1) is 11.6 Å². The molecule has 2 N–H and O–H groups in total. The van der Waals surface area contributed by atoms with Crippen LogP contribution in [0.4, 0.5) is 8.78 Å². The van der Waals surface area contributed by atoms with E-state index in [9.17, 15) is 17.2 Å². The van der Waals surface area contributed by atoms with Gasteiger partial charge in [0.15, 0.2) is 0 Å². The van der Waals surface area contributed by atoms with Gasteiger partial charge in [-0.1, -0.05) is 11.3 Å². The Labute approximate surface area is 143 Å². The lowest BCUT2D eigenvalue weighted by Crippen LogP contribution is -2.42. The van der Waals surface area contributed by atoms with Gasteiger partial charge in [-0.2, -0.15) is 0 Å². The van der Waals surface area contributed by atoms with Crippen molar-refractivity contribution in [3.05, 3.63) is 47.8 Å². The predicted molar refractivity (Wildman–Crippen MR) is 85.1 cm³/mol. The summed E-state index contributed by atoms with van der Waals surface area (Å²) in [5.41, 5.74) is -0.469. The third kappa shape index (κ3) is 4.07. The third-order valence-corrected chi connectivity index (χ3v) is 5.02. The van der Waals surface area contributed by atoms with Crippen LogP contribution in [0.1, 0.15) is 11.6 Å². The third-order valence-electron chi connectivity index (χ3n) is 3.69. The van der Waals surface area contributed by atoms with Gasteiger partial charge >= 0.3 is 0 Å². The van der Waals surface area contributed by atoms with Crippen molar-refractivity contribution in [2.45, 2.75) is 17.8 Å². The molecule has 3 rings (SSSR count). The maximum atomic E-state index is 13.6. The average Bonchev–Trinajstić information content (AvgIpc) is 3.13. The lowest BCUT2D eigenvalue weighted by Gasteiger charge is -2.20. The second-order valence-corrected chi connectivity index (χ2v) is 7.05. The number of hydrogen-bond acceptors (Lipinski definition) is 5. The number of nitrogens with one attached hydrogen (secondary N) is 2. The van der Waals surface area contributed by atoms with E-state index in [0.717, 1.165) is 12.1 Å². The Bertz CT molecular complexity index is 767. The molecule has 0 spiro atoms. The first-order valence-corrected chi connectivity index (χ1v) is 8.61. The van der Waals surface area contributed by atoms with Crippen LogP contribution in [0.3, 0.4) is 0 Å². The van der Waals surface area contributed by atoms with Gasteiger partial charge in [0.25, 0.3) is 0 Å². The van der Waals surface area contributed by atoms with Gasteiger partial charge in [-0.15, -0.1) is 17.5 Å². The minimum absolute atomic E-state index is 0. The smallest absolute Gasteiger partial charge is 0.216 e. The molecule has 7 nitrogen and oxygen atoms in total. The van der Waals surface area contributed by atoms with Crippen LogP contribution in [0.15, 0.2) is 30.6 Å². The average molecular weight is 380 g/mol. The summed E-state index contributed by atoms with van der Waals surface area (Å²) in [7, 11) is -3.92. The molecule has 0 radical (unpaired) electrons. The first-order valence-electron chi connectivity index (χ1n) is 6.96. The Balaban J connectivity index is 0.00000208. The number of nitrogens with zero attached hydrogens (tertiary/aromatic N) is 3. The number of benzene rings is 1. The molecule has 0 bridgehead atoms. The highest BCUT2D eigenvalue weighted by Gasteiger charge is 2.33. The van der Waals surface area contributed by atoms with Gasteiger partial charge in [0.1, 0.15) is 11.6 Å². The molecule has 132 valence electrons. The maximum Gasteiger partial charge on any atom is 0.216 e. The van der Waals surface area contributed by atoms with Crippen LogP contribution in [0.5, 0.6) is 0 Å². The first kappa shape index (κ1) is 18.7. The van der Waals surface area contributed by atoms with Gasteiger partial charge in [0.05, 0.1) is 24.0 Å². The highest BCUT2D eigenvalue weighted by molar-refractivity contribution is 7.88. The van der Waals surface area contributed by atoms with Gasteiger partial charge in [-0.05, 0) is 12.1 Å². The zero-order chi connectivity index (χ0) is 16.4. The highest BCUT2D eigenvalue weighted by atomic mass is 35.5. The van der Waals surface area contributed by atoms with Crippen molar-refractivity contribution in [1.82, 2.24) is 25.0 Å². The molecule has 1 saturated heterocycles. The van der Waals surface area contributed by atoms with Crippen molar-refractivity contribution in [3.63, 3.8) is 0 Å². The molecule has 1 aromatic heterocycles. The van der Waals surface area contributed by atoms with E-state index in [4.69, 9.17) is 0 Å². The van der Waals surface area contributed by atoms with E-state index in [0.29, 0.717) is 13.1 Å². The zero-order valence-electron chi connectivity index (χ0n) is 12.4. The van der Waals surface area contributed by atoms with Crippen LogP contribution in [0.25, 0.3) is 0 Å². The van der Waals surface area contributed by atoms with Gasteiger partial charge in [-0.3, -0.25) is 0 Å². The van der Waals surface area contributed by atoms with Crippen LogP contribution in [-0.2, 0) is 15.8 Å². The predicted octanol–water partition coefficient (Wildman–Crippen LogP) is 0.611. The molecule has 11 heteroatoms. The summed E-state index contributed by atoms with van der Waals surface area (Å²) in [4.78, 5) is 0. The SMILES string of the molecule is Cl.O=S(=O)(Cc1c(F)cccc1F)N[C@@H]1CNC[C@@H]1n1ccnn1. The topological polar surface area (TPSA) is 88.9 Å². The molecule has 0 saturated carbocycles. The standard InChI is InChI=1S/C13H15F2N5O2S.ClH/c14-10-2-1-3-11(15)9(10)8-23(21,22)18-12-6-16-7-13(12)20-5-4-17-19-20;/h1-5,12-13,16,18H,6-8H2;1H/t12-,13+;/m1./s1. The summed E-state index contributed by atoms with van der Waals surface area (Å²) in [5, 5.41) is 10.6. The monoisotopic (exact) mass is 379 g/mol. The van der Waals surface area contributed by atoms with Crippen LogP contribution in [0.2, 0.25) is 0 Å². The fourth-order valence-electron chi connectivity index (χ4n) is 2.59. The number of aromatic nitrogens is 3. The normalized spacial score (nSPS) is 20.8. The molecule has 1 aliphatic rings. The van der Waals surface area contributed by atoms with Gasteiger partial charge in [0, 0.05) is 24.8 Å². The van der Waals surface area contributed by atoms with E-state index in [1.165, 1.54) is 12.3 Å². The number of sulfonamides is 1. The quantitative estimate of drug-likeness (QED) is 0.794. The highest BCUT2D eigenvalue weighted by Crippen LogP contribution is 2.18. The van der Waals surface area contributed by atoms with Gasteiger partial charge in [-0.25, -0.2) is 26.6 Å². The molecule has 1 aromatic carbocycles.